The van der Waals surface area contributed by atoms with E-state index in [1.807, 2.05) is 25.5 Å². The highest BCUT2D eigenvalue weighted by Gasteiger charge is 2.31. The largest absolute Gasteiger partial charge is 0.473 e. The van der Waals surface area contributed by atoms with Crippen LogP contribution in [0.5, 0.6) is 5.88 Å². The zero-order chi connectivity index (χ0) is 20.2. The Morgan fingerprint density at radius 1 is 1.27 bits per heavy atom. The molecule has 30 heavy (non-hydrogen) atoms. The smallest absolute Gasteiger partial charge is 0.241 e. The third-order valence-electron chi connectivity index (χ3n) is 6.36. The first kappa shape index (κ1) is 17.6. The van der Waals surface area contributed by atoms with Crippen LogP contribution in [0.1, 0.15) is 43.4 Å². The number of rotatable bonds is 5. The molecule has 0 bridgehead atoms. The minimum Gasteiger partial charge on any atom is -0.473 e. The summed E-state index contributed by atoms with van der Waals surface area (Å²) in [4.78, 5) is 25.6. The number of nitrogens with one attached hydrogen (secondary N) is 1. The van der Waals surface area contributed by atoms with Crippen LogP contribution >= 0.6 is 0 Å². The molecule has 2 fully saturated rings. The zero-order valence-corrected chi connectivity index (χ0v) is 16.8. The highest BCUT2D eigenvalue weighted by Crippen LogP contribution is 2.40. The Labute approximate surface area is 174 Å². The van der Waals surface area contributed by atoms with E-state index >= 15 is 0 Å². The van der Waals surface area contributed by atoms with Crippen molar-refractivity contribution < 1.29 is 9.53 Å². The predicted molar refractivity (Wildman–Crippen MR) is 114 cm³/mol. The summed E-state index contributed by atoms with van der Waals surface area (Å²) in [6.45, 7) is 3.41. The summed E-state index contributed by atoms with van der Waals surface area (Å²) in [5.74, 6) is 0.838. The summed E-state index contributed by atoms with van der Waals surface area (Å²) in [6.07, 6.45) is 6.52. The van der Waals surface area contributed by atoms with Crippen molar-refractivity contribution in [2.45, 2.75) is 44.9 Å². The Morgan fingerprint density at radius 3 is 2.97 bits per heavy atom. The molecule has 4 heterocycles. The molecule has 1 amide bonds. The molecular weight excluding hydrogens is 378 g/mol. The summed E-state index contributed by atoms with van der Waals surface area (Å²) < 4.78 is 8.60. The number of hydrogen-bond acceptors (Lipinski definition) is 5. The fourth-order valence-electron chi connectivity index (χ4n) is 4.38. The molecule has 0 unspecified atom stereocenters. The summed E-state index contributed by atoms with van der Waals surface area (Å²) in [5.41, 5.74) is 6.09. The number of amides is 1. The fraction of sp³-hybridized carbons (Fsp3) is 0.391. The number of hydrogen-bond donors (Lipinski definition) is 1. The molecule has 1 saturated carbocycles. The van der Waals surface area contributed by atoms with Gasteiger partial charge >= 0.3 is 0 Å². The van der Waals surface area contributed by atoms with E-state index in [0.717, 1.165) is 47.2 Å². The molecule has 2 aliphatic heterocycles. The van der Waals surface area contributed by atoms with Crippen LogP contribution in [0.3, 0.4) is 0 Å². The number of fused-ring (bicyclic) bond motifs is 2. The number of imidazole rings is 1. The molecule has 1 saturated heterocycles. The van der Waals surface area contributed by atoms with Crippen molar-refractivity contribution in [3.8, 4) is 17.1 Å². The van der Waals surface area contributed by atoms with Crippen molar-refractivity contribution in [1.29, 1.82) is 0 Å². The quantitative estimate of drug-likeness (QED) is 0.711. The molecule has 1 N–H and O–H groups in total. The Bertz CT molecular complexity index is 1190. The van der Waals surface area contributed by atoms with E-state index in [0.29, 0.717) is 24.9 Å². The van der Waals surface area contributed by atoms with Gasteiger partial charge in [-0.25, -0.2) is 9.97 Å². The standard InChI is InChI=1S/C23H23N5O2/c1-13(16-7-21(29)25-11-16)30-23-22-20(26-12-28(22)18-4-5-18)8-19(27-23)14-2-3-15-9-24-10-17(15)6-14/h2-3,6,8,10,12-13,16,18H,4-5,7,9,11H2,1H3,(H,25,29)/t13-,16-/m1/s1. The Balaban J connectivity index is 1.43. The molecule has 2 aromatic heterocycles. The van der Waals surface area contributed by atoms with Crippen LogP contribution in [-0.2, 0) is 11.3 Å². The maximum absolute atomic E-state index is 11.7. The number of aromatic nitrogens is 3. The van der Waals surface area contributed by atoms with Crippen LogP contribution in [0.15, 0.2) is 35.6 Å². The van der Waals surface area contributed by atoms with Crippen LogP contribution in [0.25, 0.3) is 22.3 Å². The van der Waals surface area contributed by atoms with Gasteiger partial charge in [0.15, 0.2) is 0 Å². The highest BCUT2D eigenvalue weighted by atomic mass is 16.5. The molecule has 1 aliphatic carbocycles. The van der Waals surface area contributed by atoms with Crippen molar-refractivity contribution in [2.24, 2.45) is 10.9 Å². The van der Waals surface area contributed by atoms with Gasteiger partial charge in [0.2, 0.25) is 11.8 Å². The molecule has 1 aromatic carbocycles. The van der Waals surface area contributed by atoms with Crippen molar-refractivity contribution in [3.63, 3.8) is 0 Å². The Hall–Kier alpha value is -3.22. The average Bonchev–Trinajstić information content (AvgIpc) is 3.14. The second-order valence-electron chi connectivity index (χ2n) is 8.54. The second kappa shape index (κ2) is 6.65. The van der Waals surface area contributed by atoms with E-state index in [1.54, 1.807) is 0 Å². The lowest BCUT2D eigenvalue weighted by molar-refractivity contribution is -0.119. The molecule has 3 aromatic rings. The maximum Gasteiger partial charge on any atom is 0.241 e. The molecule has 6 rings (SSSR count). The van der Waals surface area contributed by atoms with Gasteiger partial charge in [0.25, 0.3) is 0 Å². The number of pyridine rings is 1. The first-order valence-corrected chi connectivity index (χ1v) is 10.6. The summed E-state index contributed by atoms with van der Waals surface area (Å²) in [7, 11) is 0. The van der Waals surface area contributed by atoms with Crippen molar-refractivity contribution >= 4 is 23.2 Å². The molecule has 152 valence electrons. The summed E-state index contributed by atoms with van der Waals surface area (Å²) >= 11 is 0. The van der Waals surface area contributed by atoms with Gasteiger partial charge in [0.05, 0.1) is 24.1 Å². The van der Waals surface area contributed by atoms with E-state index in [9.17, 15) is 4.79 Å². The number of aliphatic imine (C=N–C) groups is 1. The topological polar surface area (TPSA) is 81.4 Å². The SMILES string of the molecule is C[C@@H](Oc1nc(-c2ccc3c(c2)C=NC3)cc2ncn(C3CC3)c12)[C@H]1CNC(=O)C1. The van der Waals surface area contributed by atoms with Crippen molar-refractivity contribution in [1.82, 2.24) is 19.9 Å². The first-order chi connectivity index (χ1) is 14.7. The van der Waals surface area contributed by atoms with E-state index < -0.39 is 0 Å². The minimum atomic E-state index is -0.121. The minimum absolute atomic E-state index is 0.0881. The van der Waals surface area contributed by atoms with Gasteiger partial charge in [-0.2, -0.15) is 0 Å². The van der Waals surface area contributed by atoms with Gasteiger partial charge in [0, 0.05) is 36.7 Å². The van der Waals surface area contributed by atoms with E-state index in [2.05, 4.69) is 38.1 Å². The molecule has 7 heteroatoms. The molecule has 7 nitrogen and oxygen atoms in total. The van der Waals surface area contributed by atoms with Gasteiger partial charge in [-0.1, -0.05) is 12.1 Å². The van der Waals surface area contributed by atoms with Gasteiger partial charge < -0.3 is 14.6 Å². The zero-order valence-electron chi connectivity index (χ0n) is 16.8. The fourth-order valence-corrected chi connectivity index (χ4v) is 4.38. The molecule has 3 aliphatic rings. The number of ether oxygens (including phenoxy) is 1. The van der Waals surface area contributed by atoms with E-state index in [1.165, 1.54) is 5.56 Å². The molecule has 0 spiro atoms. The van der Waals surface area contributed by atoms with Crippen LogP contribution < -0.4 is 10.1 Å². The van der Waals surface area contributed by atoms with Gasteiger partial charge in [-0.15, -0.1) is 0 Å². The lowest BCUT2D eigenvalue weighted by atomic mass is 10.0. The van der Waals surface area contributed by atoms with Crippen LogP contribution in [0, 0.1) is 5.92 Å². The van der Waals surface area contributed by atoms with Crippen LogP contribution in [-0.4, -0.2) is 39.3 Å². The number of carbonyl (C=O) groups is 1. The lowest BCUT2D eigenvalue weighted by Crippen LogP contribution is -2.26. The summed E-state index contributed by atoms with van der Waals surface area (Å²) in [5, 5.41) is 2.90. The summed E-state index contributed by atoms with van der Waals surface area (Å²) in [6, 6.07) is 8.86. The Morgan fingerprint density at radius 2 is 2.17 bits per heavy atom. The van der Waals surface area contributed by atoms with Crippen molar-refractivity contribution in [2.75, 3.05) is 6.54 Å². The van der Waals surface area contributed by atoms with Gasteiger partial charge in [-0.3, -0.25) is 9.79 Å². The molecule has 0 radical (unpaired) electrons. The Kier molecular flexibility index (Phi) is 3.91. The third-order valence-corrected chi connectivity index (χ3v) is 6.36. The number of nitrogens with zero attached hydrogens (tertiary/aromatic N) is 4. The third kappa shape index (κ3) is 2.96. The second-order valence-corrected chi connectivity index (χ2v) is 8.54. The van der Waals surface area contributed by atoms with Crippen molar-refractivity contribution in [3.05, 3.63) is 41.7 Å². The van der Waals surface area contributed by atoms with Gasteiger partial charge in [0.1, 0.15) is 11.6 Å². The monoisotopic (exact) mass is 401 g/mol. The van der Waals surface area contributed by atoms with E-state index in [4.69, 9.17) is 9.72 Å². The predicted octanol–water partition coefficient (Wildman–Crippen LogP) is 3.27. The normalized spacial score (nSPS) is 21.1. The lowest BCUT2D eigenvalue weighted by Gasteiger charge is -2.20. The average molecular weight is 401 g/mol. The van der Waals surface area contributed by atoms with Crippen LogP contribution in [0.2, 0.25) is 0 Å². The number of carbonyl (C=O) groups excluding carboxylic acids is 1. The maximum atomic E-state index is 11.7. The highest BCUT2D eigenvalue weighted by molar-refractivity contribution is 5.89. The van der Waals surface area contributed by atoms with Gasteiger partial charge in [-0.05, 0) is 43.0 Å². The molecule has 2 atom stereocenters. The van der Waals surface area contributed by atoms with E-state index in [-0.39, 0.29) is 17.9 Å². The number of benzene rings is 1. The van der Waals surface area contributed by atoms with Crippen LogP contribution in [0.4, 0.5) is 0 Å². The molecular formula is C23H23N5O2. The first-order valence-electron chi connectivity index (χ1n) is 10.6.